The van der Waals surface area contributed by atoms with E-state index in [9.17, 15) is 9.59 Å². The summed E-state index contributed by atoms with van der Waals surface area (Å²) in [4.78, 5) is 38.3. The molecule has 1 amide bonds. The Bertz CT molecular complexity index is 1130. The van der Waals surface area contributed by atoms with Gasteiger partial charge in [-0.2, -0.15) is 0 Å². The van der Waals surface area contributed by atoms with Gasteiger partial charge in [-0.25, -0.2) is 4.98 Å². The number of hydrogen-bond donors (Lipinski definition) is 1. The summed E-state index contributed by atoms with van der Waals surface area (Å²) in [6, 6.07) is 10.6. The van der Waals surface area contributed by atoms with E-state index in [1.807, 2.05) is 17.0 Å². The summed E-state index contributed by atoms with van der Waals surface area (Å²) in [6.07, 6.45) is 4.36. The van der Waals surface area contributed by atoms with Crippen molar-refractivity contribution in [1.29, 1.82) is 0 Å². The maximum absolute atomic E-state index is 12.9. The van der Waals surface area contributed by atoms with Crippen molar-refractivity contribution in [1.82, 2.24) is 19.9 Å². The molecule has 3 heterocycles. The minimum absolute atomic E-state index is 0.0252. The van der Waals surface area contributed by atoms with Gasteiger partial charge in [0.05, 0.1) is 26.3 Å². The number of H-pyrrole nitrogens is 1. The number of aromatic amines is 1. The van der Waals surface area contributed by atoms with Gasteiger partial charge in [-0.3, -0.25) is 14.6 Å². The smallest absolute Gasteiger partial charge is 0.251 e. The summed E-state index contributed by atoms with van der Waals surface area (Å²) in [5, 5.41) is 0. The Morgan fingerprint density at radius 2 is 1.90 bits per heavy atom. The predicted octanol–water partition coefficient (Wildman–Crippen LogP) is 2.41. The minimum atomic E-state index is -0.202. The van der Waals surface area contributed by atoms with E-state index in [0.717, 1.165) is 17.5 Å². The fraction of sp³-hybridized carbons (Fsp3) is 0.304. The van der Waals surface area contributed by atoms with E-state index in [4.69, 9.17) is 9.47 Å². The molecule has 1 saturated heterocycles. The van der Waals surface area contributed by atoms with Gasteiger partial charge in [0.15, 0.2) is 11.5 Å². The van der Waals surface area contributed by atoms with Crippen LogP contribution in [0.2, 0.25) is 0 Å². The third kappa shape index (κ3) is 4.58. The van der Waals surface area contributed by atoms with Gasteiger partial charge < -0.3 is 19.4 Å². The summed E-state index contributed by atoms with van der Waals surface area (Å²) in [5.41, 5.74) is 2.16. The zero-order valence-electron chi connectivity index (χ0n) is 17.5. The van der Waals surface area contributed by atoms with Gasteiger partial charge in [0.25, 0.3) is 5.56 Å². The largest absolute Gasteiger partial charge is 0.493 e. The van der Waals surface area contributed by atoms with Crippen LogP contribution >= 0.6 is 0 Å². The first kappa shape index (κ1) is 20.6. The van der Waals surface area contributed by atoms with Crippen LogP contribution in [0.4, 0.5) is 0 Å². The van der Waals surface area contributed by atoms with Crippen molar-refractivity contribution in [2.45, 2.75) is 18.8 Å². The number of carbonyl (C=O) groups excluding carboxylic acids is 1. The van der Waals surface area contributed by atoms with Gasteiger partial charge in [0.2, 0.25) is 5.91 Å². The zero-order valence-corrected chi connectivity index (χ0v) is 17.5. The van der Waals surface area contributed by atoms with Gasteiger partial charge in [0, 0.05) is 43.0 Å². The number of methoxy groups -OCH3 is 2. The predicted molar refractivity (Wildman–Crippen MR) is 115 cm³/mol. The maximum atomic E-state index is 12.9. The van der Waals surface area contributed by atoms with Crippen molar-refractivity contribution in [2.75, 3.05) is 27.3 Å². The van der Waals surface area contributed by atoms with E-state index in [0.29, 0.717) is 36.1 Å². The van der Waals surface area contributed by atoms with Gasteiger partial charge in [-0.05, 0) is 36.2 Å². The molecule has 160 valence electrons. The minimum Gasteiger partial charge on any atom is -0.493 e. The molecule has 0 radical (unpaired) electrons. The number of amides is 1. The van der Waals surface area contributed by atoms with E-state index in [1.165, 1.54) is 6.07 Å². The molecule has 4 rings (SSSR count). The summed E-state index contributed by atoms with van der Waals surface area (Å²) >= 11 is 0. The highest BCUT2D eigenvalue weighted by Crippen LogP contribution is 2.29. The van der Waals surface area contributed by atoms with E-state index in [-0.39, 0.29) is 23.8 Å². The summed E-state index contributed by atoms with van der Waals surface area (Å²) in [5.74, 6) is 1.81. The molecular formula is C23H24N4O4. The molecule has 1 N–H and O–H groups in total. The first-order valence-corrected chi connectivity index (χ1v) is 10.1. The van der Waals surface area contributed by atoms with Crippen LogP contribution in [-0.2, 0) is 11.2 Å². The lowest BCUT2D eigenvalue weighted by atomic mass is 10.0. The Morgan fingerprint density at radius 1 is 1.13 bits per heavy atom. The average Bonchev–Trinajstić information content (AvgIpc) is 3.30. The Labute approximate surface area is 179 Å². The van der Waals surface area contributed by atoms with Crippen LogP contribution in [0, 0.1) is 0 Å². The SMILES string of the molecule is COc1ccc(CC(=O)N2CC[C@@H](c3cc(=O)[nH]c(-c4ccncc4)n3)C2)cc1OC. The number of pyridine rings is 1. The van der Waals surface area contributed by atoms with E-state index >= 15 is 0 Å². The molecule has 1 aliphatic heterocycles. The molecule has 1 aliphatic rings. The third-order valence-corrected chi connectivity index (χ3v) is 5.48. The average molecular weight is 420 g/mol. The van der Waals surface area contributed by atoms with Gasteiger partial charge in [-0.15, -0.1) is 0 Å². The molecule has 0 aliphatic carbocycles. The third-order valence-electron chi connectivity index (χ3n) is 5.48. The van der Waals surface area contributed by atoms with Gasteiger partial charge in [-0.1, -0.05) is 6.07 Å². The van der Waals surface area contributed by atoms with Crippen LogP contribution in [0.15, 0.2) is 53.6 Å². The lowest BCUT2D eigenvalue weighted by Gasteiger charge is -2.17. The molecule has 8 heteroatoms. The topological polar surface area (TPSA) is 97.4 Å². The highest BCUT2D eigenvalue weighted by Gasteiger charge is 2.29. The molecule has 0 bridgehead atoms. The molecule has 3 aromatic rings. The Hall–Kier alpha value is -3.68. The second kappa shape index (κ2) is 8.99. The molecule has 1 aromatic carbocycles. The second-order valence-electron chi connectivity index (χ2n) is 7.45. The van der Waals surface area contributed by atoms with Crippen LogP contribution in [-0.4, -0.2) is 53.1 Å². The number of ether oxygens (including phenoxy) is 2. The van der Waals surface area contributed by atoms with Crippen molar-refractivity contribution in [3.05, 3.63) is 70.4 Å². The molecule has 2 aromatic heterocycles. The monoisotopic (exact) mass is 420 g/mol. The van der Waals surface area contributed by atoms with Crippen molar-refractivity contribution in [3.63, 3.8) is 0 Å². The van der Waals surface area contributed by atoms with Gasteiger partial charge in [0.1, 0.15) is 5.82 Å². The fourth-order valence-electron chi connectivity index (χ4n) is 3.84. The molecule has 0 saturated carbocycles. The van der Waals surface area contributed by atoms with E-state index < -0.39 is 0 Å². The standard InChI is InChI=1S/C23H24N4O4/c1-30-19-4-3-15(11-20(19)31-2)12-22(29)27-10-7-17(14-27)18-13-21(28)26-23(25-18)16-5-8-24-9-6-16/h3-6,8-9,11,13,17H,7,10,12,14H2,1-2H3,(H,25,26,28)/t17-/m1/s1. The highest BCUT2D eigenvalue weighted by molar-refractivity contribution is 5.79. The van der Waals surface area contributed by atoms with Crippen molar-refractivity contribution in [3.8, 4) is 22.9 Å². The molecular weight excluding hydrogens is 396 g/mol. The first-order chi connectivity index (χ1) is 15.1. The van der Waals surface area contributed by atoms with Crippen LogP contribution in [0.5, 0.6) is 11.5 Å². The number of carbonyl (C=O) groups is 1. The van der Waals surface area contributed by atoms with Crippen LogP contribution < -0.4 is 15.0 Å². The number of nitrogens with zero attached hydrogens (tertiary/aromatic N) is 3. The quantitative estimate of drug-likeness (QED) is 0.658. The second-order valence-corrected chi connectivity index (χ2v) is 7.45. The lowest BCUT2D eigenvalue weighted by Crippen LogP contribution is -2.30. The maximum Gasteiger partial charge on any atom is 0.251 e. The van der Waals surface area contributed by atoms with Crippen LogP contribution in [0.1, 0.15) is 23.6 Å². The molecule has 1 atom stereocenters. The molecule has 1 fully saturated rings. The number of likely N-dealkylation sites (tertiary alicyclic amines) is 1. The number of benzene rings is 1. The number of hydrogen-bond acceptors (Lipinski definition) is 6. The van der Waals surface area contributed by atoms with Crippen molar-refractivity contribution >= 4 is 5.91 Å². The lowest BCUT2D eigenvalue weighted by molar-refractivity contribution is -0.129. The molecule has 8 nitrogen and oxygen atoms in total. The molecule has 31 heavy (non-hydrogen) atoms. The molecule has 0 spiro atoms. The number of rotatable bonds is 6. The summed E-state index contributed by atoms with van der Waals surface area (Å²) < 4.78 is 10.6. The van der Waals surface area contributed by atoms with Crippen molar-refractivity contribution in [2.24, 2.45) is 0 Å². The number of nitrogens with one attached hydrogen (secondary N) is 1. The summed E-state index contributed by atoms with van der Waals surface area (Å²) in [6.45, 7) is 1.17. The van der Waals surface area contributed by atoms with Gasteiger partial charge >= 0.3 is 0 Å². The Kier molecular flexibility index (Phi) is 5.97. The normalized spacial score (nSPS) is 15.7. The molecule has 0 unspecified atom stereocenters. The first-order valence-electron chi connectivity index (χ1n) is 10.1. The zero-order chi connectivity index (χ0) is 21.8. The highest BCUT2D eigenvalue weighted by atomic mass is 16.5. The van der Waals surface area contributed by atoms with Crippen LogP contribution in [0.25, 0.3) is 11.4 Å². The van der Waals surface area contributed by atoms with Crippen LogP contribution in [0.3, 0.4) is 0 Å². The Morgan fingerprint density at radius 3 is 2.65 bits per heavy atom. The fourth-order valence-corrected chi connectivity index (χ4v) is 3.84. The number of aromatic nitrogens is 3. The van der Waals surface area contributed by atoms with Crippen molar-refractivity contribution < 1.29 is 14.3 Å². The van der Waals surface area contributed by atoms with E-state index in [2.05, 4.69) is 15.0 Å². The summed E-state index contributed by atoms with van der Waals surface area (Å²) in [7, 11) is 3.15. The Balaban J connectivity index is 1.47. The van der Waals surface area contributed by atoms with E-state index in [1.54, 1.807) is 44.8 Å².